The molecule has 1 atom stereocenters. The summed E-state index contributed by atoms with van der Waals surface area (Å²) in [7, 11) is 0. The normalized spacial score (nSPS) is 12.5. The van der Waals surface area contributed by atoms with Crippen molar-refractivity contribution in [3.63, 3.8) is 0 Å². The lowest BCUT2D eigenvalue weighted by molar-refractivity contribution is -0.119. The maximum Gasteiger partial charge on any atom is 0.271 e. The van der Waals surface area contributed by atoms with Gasteiger partial charge < -0.3 is 11.2 Å². The highest BCUT2D eigenvalue weighted by molar-refractivity contribution is 7.99. The smallest absolute Gasteiger partial charge is 0.271 e. The molecular weight excluding hydrogens is 350 g/mol. The fourth-order valence-electron chi connectivity index (χ4n) is 2.69. The van der Waals surface area contributed by atoms with Gasteiger partial charge in [0, 0.05) is 11.7 Å². The number of nitrogens with two attached hydrogens (primary N) is 1. The van der Waals surface area contributed by atoms with E-state index in [1.54, 1.807) is 4.68 Å². The molecule has 0 aliphatic rings. The SMILES string of the molecule is Cc1cc(C)n(-c2nnc(SCC(=O)NC(C)CCCC(C)C)n2N)n1. The predicted octanol–water partition coefficient (Wildman–Crippen LogP) is 2.22. The van der Waals surface area contributed by atoms with Crippen LogP contribution in [0.5, 0.6) is 0 Å². The monoisotopic (exact) mass is 379 g/mol. The average Bonchev–Trinajstić information content (AvgIpc) is 3.06. The molecule has 0 fully saturated rings. The number of rotatable bonds is 9. The first-order chi connectivity index (χ1) is 12.3. The molecule has 3 N–H and O–H groups in total. The van der Waals surface area contributed by atoms with Crippen LogP contribution in [0, 0.1) is 19.8 Å². The lowest BCUT2D eigenvalue weighted by atomic mass is 10.0. The first-order valence-electron chi connectivity index (χ1n) is 8.94. The highest BCUT2D eigenvalue weighted by Crippen LogP contribution is 2.17. The predicted molar refractivity (Wildman–Crippen MR) is 104 cm³/mol. The van der Waals surface area contributed by atoms with E-state index in [-0.39, 0.29) is 17.7 Å². The number of nitrogen functional groups attached to an aromatic ring is 1. The average molecular weight is 380 g/mol. The first-order valence-corrected chi connectivity index (χ1v) is 9.92. The Labute approximate surface area is 158 Å². The van der Waals surface area contributed by atoms with Crippen LogP contribution in [-0.2, 0) is 4.79 Å². The number of hydrogen-bond donors (Lipinski definition) is 2. The molecule has 0 saturated heterocycles. The fraction of sp³-hybridized carbons (Fsp3) is 0.647. The van der Waals surface area contributed by atoms with Gasteiger partial charge >= 0.3 is 0 Å². The van der Waals surface area contributed by atoms with Crippen molar-refractivity contribution in [2.24, 2.45) is 5.92 Å². The summed E-state index contributed by atoms with van der Waals surface area (Å²) in [5.41, 5.74) is 1.80. The lowest BCUT2D eigenvalue weighted by Crippen LogP contribution is -2.34. The Morgan fingerprint density at radius 1 is 1.27 bits per heavy atom. The molecule has 0 saturated carbocycles. The van der Waals surface area contributed by atoms with Gasteiger partial charge in [0.05, 0.1) is 11.4 Å². The second-order valence-electron chi connectivity index (χ2n) is 7.07. The Kier molecular flexibility index (Phi) is 7.07. The van der Waals surface area contributed by atoms with Gasteiger partial charge in [0.1, 0.15) is 0 Å². The Morgan fingerprint density at radius 2 is 2.00 bits per heavy atom. The topological polar surface area (TPSA) is 104 Å². The zero-order valence-electron chi connectivity index (χ0n) is 16.2. The number of carbonyl (C=O) groups excluding carboxylic acids is 1. The number of amides is 1. The molecule has 0 aliphatic carbocycles. The van der Waals surface area contributed by atoms with Crippen LogP contribution in [0.25, 0.3) is 5.95 Å². The molecule has 1 amide bonds. The van der Waals surface area contributed by atoms with Crippen molar-refractivity contribution in [3.8, 4) is 5.95 Å². The van der Waals surface area contributed by atoms with Crippen molar-refractivity contribution in [1.82, 2.24) is 30.0 Å². The van der Waals surface area contributed by atoms with Crippen molar-refractivity contribution in [2.75, 3.05) is 11.6 Å². The van der Waals surface area contributed by atoms with E-state index in [0.29, 0.717) is 17.0 Å². The quantitative estimate of drug-likeness (QED) is 0.511. The third kappa shape index (κ3) is 5.48. The zero-order valence-corrected chi connectivity index (χ0v) is 17.0. The highest BCUT2D eigenvalue weighted by Gasteiger charge is 2.16. The van der Waals surface area contributed by atoms with E-state index in [4.69, 9.17) is 5.84 Å². The van der Waals surface area contributed by atoms with Gasteiger partial charge in [0.25, 0.3) is 5.95 Å². The van der Waals surface area contributed by atoms with E-state index in [9.17, 15) is 4.79 Å². The van der Waals surface area contributed by atoms with Crippen LogP contribution >= 0.6 is 11.8 Å². The van der Waals surface area contributed by atoms with E-state index >= 15 is 0 Å². The standard InChI is InChI=1S/C17H29N7OS/c1-11(2)7-6-8-12(3)19-15(25)10-26-17-21-20-16(23(17)18)24-14(5)9-13(4)22-24/h9,11-12H,6-8,10,18H2,1-5H3,(H,19,25). The Morgan fingerprint density at radius 3 is 2.62 bits per heavy atom. The summed E-state index contributed by atoms with van der Waals surface area (Å²) < 4.78 is 3.01. The molecule has 0 aliphatic heterocycles. The molecule has 144 valence electrons. The molecule has 2 aromatic rings. The fourth-order valence-corrected chi connectivity index (χ4v) is 3.36. The van der Waals surface area contributed by atoms with E-state index in [0.717, 1.165) is 24.2 Å². The van der Waals surface area contributed by atoms with E-state index in [1.807, 2.05) is 26.8 Å². The van der Waals surface area contributed by atoms with Crippen molar-refractivity contribution >= 4 is 17.7 Å². The van der Waals surface area contributed by atoms with Gasteiger partial charge in [-0.3, -0.25) is 4.79 Å². The summed E-state index contributed by atoms with van der Waals surface area (Å²) in [5.74, 6) is 7.43. The number of nitrogens with zero attached hydrogens (tertiary/aromatic N) is 5. The molecule has 26 heavy (non-hydrogen) atoms. The molecule has 0 bridgehead atoms. The number of carbonyl (C=O) groups is 1. The molecule has 8 nitrogen and oxygen atoms in total. The number of hydrogen-bond acceptors (Lipinski definition) is 6. The van der Waals surface area contributed by atoms with Gasteiger partial charge in [0.2, 0.25) is 11.1 Å². The summed E-state index contributed by atoms with van der Waals surface area (Å²) in [6.07, 6.45) is 3.29. The lowest BCUT2D eigenvalue weighted by Gasteiger charge is -2.14. The van der Waals surface area contributed by atoms with Gasteiger partial charge in [-0.25, -0.2) is 9.36 Å². The van der Waals surface area contributed by atoms with Crippen LogP contribution in [0.3, 0.4) is 0 Å². The highest BCUT2D eigenvalue weighted by atomic mass is 32.2. The third-order valence-corrected chi connectivity index (χ3v) is 4.95. The third-order valence-electron chi connectivity index (χ3n) is 4.00. The number of aromatic nitrogens is 5. The van der Waals surface area contributed by atoms with Gasteiger partial charge in [-0.1, -0.05) is 38.5 Å². The van der Waals surface area contributed by atoms with E-state index in [2.05, 4.69) is 34.5 Å². The Bertz CT molecular complexity index is 738. The van der Waals surface area contributed by atoms with Crippen molar-refractivity contribution in [2.45, 2.75) is 65.1 Å². The molecule has 2 heterocycles. The number of aryl methyl sites for hydroxylation is 2. The van der Waals surface area contributed by atoms with Gasteiger partial charge in [0.15, 0.2) is 0 Å². The summed E-state index contributed by atoms with van der Waals surface area (Å²) in [6, 6.07) is 2.11. The van der Waals surface area contributed by atoms with Gasteiger partial charge in [-0.2, -0.15) is 5.10 Å². The molecule has 2 rings (SSSR count). The second-order valence-corrected chi connectivity index (χ2v) is 8.02. The molecule has 0 spiro atoms. The summed E-state index contributed by atoms with van der Waals surface area (Å²) in [5, 5.41) is 16.0. The van der Waals surface area contributed by atoms with Gasteiger partial charge in [-0.15, -0.1) is 10.2 Å². The van der Waals surface area contributed by atoms with Crippen molar-refractivity contribution < 1.29 is 4.79 Å². The minimum Gasteiger partial charge on any atom is -0.353 e. The van der Waals surface area contributed by atoms with E-state index in [1.165, 1.54) is 22.9 Å². The van der Waals surface area contributed by atoms with Crippen molar-refractivity contribution in [3.05, 3.63) is 17.5 Å². The molecule has 2 aromatic heterocycles. The molecular formula is C17H29N7OS. The number of thioether (sulfide) groups is 1. The maximum absolute atomic E-state index is 12.1. The minimum absolute atomic E-state index is 0.0253. The van der Waals surface area contributed by atoms with Crippen LogP contribution in [0.4, 0.5) is 0 Å². The number of nitrogens with one attached hydrogen (secondary N) is 1. The summed E-state index contributed by atoms with van der Waals surface area (Å²) in [6.45, 7) is 10.3. The van der Waals surface area contributed by atoms with Crippen LogP contribution in [0.15, 0.2) is 11.2 Å². The zero-order chi connectivity index (χ0) is 19.3. The van der Waals surface area contributed by atoms with E-state index < -0.39 is 0 Å². The largest absolute Gasteiger partial charge is 0.353 e. The minimum atomic E-state index is -0.0253. The maximum atomic E-state index is 12.1. The summed E-state index contributed by atoms with van der Waals surface area (Å²) >= 11 is 1.27. The molecule has 9 heteroatoms. The Hall–Kier alpha value is -2.03. The van der Waals surface area contributed by atoms with Crippen molar-refractivity contribution in [1.29, 1.82) is 0 Å². The molecule has 1 unspecified atom stereocenters. The first kappa shape index (κ1) is 20.3. The van der Waals surface area contributed by atoms with Crippen LogP contribution < -0.4 is 11.2 Å². The van der Waals surface area contributed by atoms with Crippen LogP contribution in [-0.4, -0.2) is 42.4 Å². The molecule has 0 radical (unpaired) electrons. The van der Waals surface area contributed by atoms with Gasteiger partial charge in [-0.05, 0) is 39.2 Å². The van der Waals surface area contributed by atoms with Crippen LogP contribution in [0.1, 0.15) is 51.4 Å². The summed E-state index contributed by atoms with van der Waals surface area (Å²) in [4.78, 5) is 12.1. The second kappa shape index (κ2) is 9.07. The van der Waals surface area contributed by atoms with Crippen LogP contribution in [0.2, 0.25) is 0 Å². The Balaban J connectivity index is 1.86. The molecule has 0 aromatic carbocycles.